The molecule has 106 valence electrons. The van der Waals surface area contributed by atoms with E-state index in [9.17, 15) is 9.59 Å². The summed E-state index contributed by atoms with van der Waals surface area (Å²) in [6, 6.07) is 5.74. The normalized spacial score (nSPS) is 10.6. The minimum atomic E-state index is -0.111. The molecule has 0 aliphatic rings. The third kappa shape index (κ3) is 2.82. The highest BCUT2D eigenvalue weighted by atomic mass is 79.9. The molecule has 1 aromatic carbocycles. The molecular formula is C13H15BrN4O2. The van der Waals surface area contributed by atoms with Gasteiger partial charge in [0.05, 0.1) is 5.52 Å². The number of benzene rings is 1. The Bertz CT molecular complexity index is 653. The predicted octanol–water partition coefficient (Wildman–Crippen LogP) is 1.43. The van der Waals surface area contributed by atoms with Crippen molar-refractivity contribution in [2.75, 3.05) is 18.5 Å². The molecule has 1 N–H and O–H groups in total. The summed E-state index contributed by atoms with van der Waals surface area (Å²) in [6.45, 7) is 0.297. The summed E-state index contributed by atoms with van der Waals surface area (Å²) in [5, 5.41) is 7.77. The summed E-state index contributed by atoms with van der Waals surface area (Å²) in [6.07, 6.45) is 0.941. The molecule has 0 saturated carbocycles. The number of aryl methyl sites for hydroxylation is 1. The Hall–Kier alpha value is -1.89. The Morgan fingerprint density at radius 2 is 2.30 bits per heavy atom. The van der Waals surface area contributed by atoms with E-state index in [1.54, 1.807) is 11.7 Å². The van der Waals surface area contributed by atoms with Gasteiger partial charge in [-0.3, -0.25) is 19.2 Å². The van der Waals surface area contributed by atoms with Crippen molar-refractivity contribution in [3.05, 3.63) is 22.7 Å². The fourth-order valence-corrected chi connectivity index (χ4v) is 2.33. The van der Waals surface area contributed by atoms with E-state index in [0.29, 0.717) is 18.8 Å². The van der Waals surface area contributed by atoms with Crippen molar-refractivity contribution < 1.29 is 9.59 Å². The van der Waals surface area contributed by atoms with Gasteiger partial charge in [0.1, 0.15) is 0 Å². The van der Waals surface area contributed by atoms with Gasteiger partial charge in [0, 0.05) is 36.9 Å². The van der Waals surface area contributed by atoms with Crippen LogP contribution in [0.5, 0.6) is 0 Å². The zero-order valence-electron chi connectivity index (χ0n) is 11.3. The third-order valence-corrected chi connectivity index (χ3v) is 3.55. The molecule has 0 aliphatic carbocycles. The zero-order chi connectivity index (χ0) is 14.7. The topological polar surface area (TPSA) is 67.2 Å². The van der Waals surface area contributed by atoms with Gasteiger partial charge >= 0.3 is 0 Å². The summed E-state index contributed by atoms with van der Waals surface area (Å²) in [5.74, 6) is 0.453. The monoisotopic (exact) mass is 338 g/mol. The molecule has 20 heavy (non-hydrogen) atoms. The third-order valence-electron chi connectivity index (χ3n) is 3.05. The van der Waals surface area contributed by atoms with Crippen molar-refractivity contribution in [1.82, 2.24) is 15.1 Å². The molecule has 2 amide bonds. The number of hydrogen-bond donors (Lipinski definition) is 1. The van der Waals surface area contributed by atoms with Gasteiger partial charge in [-0.05, 0) is 18.2 Å². The Balaban J connectivity index is 2.35. The van der Waals surface area contributed by atoms with E-state index in [1.165, 1.54) is 4.90 Å². The molecule has 0 saturated heterocycles. The lowest BCUT2D eigenvalue weighted by atomic mass is 10.2. The van der Waals surface area contributed by atoms with E-state index in [0.717, 1.165) is 15.4 Å². The van der Waals surface area contributed by atoms with Crippen LogP contribution < -0.4 is 10.2 Å². The summed E-state index contributed by atoms with van der Waals surface area (Å²) >= 11 is 3.41. The summed E-state index contributed by atoms with van der Waals surface area (Å²) in [5.41, 5.74) is 0.918. The van der Waals surface area contributed by atoms with Crippen molar-refractivity contribution in [2.24, 2.45) is 7.05 Å². The molecule has 6 nitrogen and oxygen atoms in total. The Morgan fingerprint density at radius 3 is 2.95 bits per heavy atom. The number of hydrogen-bond acceptors (Lipinski definition) is 3. The molecule has 1 aromatic heterocycles. The van der Waals surface area contributed by atoms with E-state index in [-0.39, 0.29) is 12.3 Å². The highest BCUT2D eigenvalue weighted by molar-refractivity contribution is 9.10. The molecule has 2 aromatic rings. The fraction of sp³-hybridized carbons (Fsp3) is 0.308. The number of aromatic nitrogens is 2. The largest absolute Gasteiger partial charge is 0.359 e. The second-order valence-electron chi connectivity index (χ2n) is 4.33. The number of nitrogens with one attached hydrogen (secondary N) is 1. The maximum atomic E-state index is 11.3. The van der Waals surface area contributed by atoms with Crippen LogP contribution in [0, 0.1) is 0 Å². The van der Waals surface area contributed by atoms with Gasteiger partial charge in [-0.2, -0.15) is 5.10 Å². The first-order valence-corrected chi connectivity index (χ1v) is 6.91. The molecule has 0 unspecified atom stereocenters. The zero-order valence-corrected chi connectivity index (χ0v) is 12.8. The Morgan fingerprint density at radius 1 is 1.55 bits per heavy atom. The van der Waals surface area contributed by atoms with Crippen LogP contribution in [0.15, 0.2) is 22.7 Å². The highest BCUT2D eigenvalue weighted by Gasteiger charge is 2.16. The smallest absolute Gasteiger partial charge is 0.221 e. The minimum absolute atomic E-state index is 0.111. The van der Waals surface area contributed by atoms with Gasteiger partial charge in [-0.1, -0.05) is 15.9 Å². The van der Waals surface area contributed by atoms with Crippen LogP contribution in [0.4, 0.5) is 5.82 Å². The lowest BCUT2D eigenvalue weighted by Gasteiger charge is -2.14. The molecule has 0 fully saturated rings. The molecule has 0 aliphatic heterocycles. The lowest BCUT2D eigenvalue weighted by Crippen LogP contribution is -2.28. The number of anilines is 1. The van der Waals surface area contributed by atoms with Crippen molar-refractivity contribution in [1.29, 1.82) is 0 Å². The highest BCUT2D eigenvalue weighted by Crippen LogP contribution is 2.27. The van der Waals surface area contributed by atoms with Crippen molar-refractivity contribution in [2.45, 2.75) is 6.42 Å². The minimum Gasteiger partial charge on any atom is -0.359 e. The van der Waals surface area contributed by atoms with E-state index in [2.05, 4.69) is 26.3 Å². The van der Waals surface area contributed by atoms with Gasteiger partial charge in [-0.25, -0.2) is 0 Å². The number of rotatable bonds is 5. The molecule has 0 atom stereocenters. The van der Waals surface area contributed by atoms with Gasteiger partial charge in [0.15, 0.2) is 5.82 Å². The van der Waals surface area contributed by atoms with Gasteiger partial charge < -0.3 is 5.32 Å². The number of halogens is 1. The molecular weight excluding hydrogens is 324 g/mol. The molecule has 0 spiro atoms. The van der Waals surface area contributed by atoms with Gasteiger partial charge in [0.25, 0.3) is 0 Å². The molecule has 2 rings (SSSR count). The van der Waals surface area contributed by atoms with Crippen molar-refractivity contribution in [3.63, 3.8) is 0 Å². The summed E-state index contributed by atoms with van der Waals surface area (Å²) < 4.78 is 2.66. The second kappa shape index (κ2) is 6.04. The van der Waals surface area contributed by atoms with Crippen LogP contribution in [-0.4, -0.2) is 35.7 Å². The molecule has 1 heterocycles. The molecule has 0 radical (unpaired) electrons. The average molecular weight is 339 g/mol. The van der Waals surface area contributed by atoms with Crippen molar-refractivity contribution >= 4 is 45.0 Å². The van der Waals surface area contributed by atoms with E-state index in [1.807, 2.05) is 25.2 Å². The summed E-state index contributed by atoms with van der Waals surface area (Å²) in [7, 11) is 3.39. The number of amides is 2. The maximum Gasteiger partial charge on any atom is 0.221 e. The van der Waals surface area contributed by atoms with Crippen LogP contribution in [0.25, 0.3) is 10.9 Å². The van der Waals surface area contributed by atoms with Crippen LogP contribution in [-0.2, 0) is 16.6 Å². The predicted molar refractivity (Wildman–Crippen MR) is 80.5 cm³/mol. The first kappa shape index (κ1) is 14.5. The SMILES string of the molecule is CNC(=O)CCN(C=O)c1nn(C)c2cc(Br)ccc12. The van der Waals surface area contributed by atoms with E-state index in [4.69, 9.17) is 0 Å². The van der Waals surface area contributed by atoms with E-state index >= 15 is 0 Å². The molecule has 0 bridgehead atoms. The van der Waals surface area contributed by atoms with Crippen LogP contribution >= 0.6 is 15.9 Å². The molecule has 7 heteroatoms. The standard InChI is InChI=1S/C13H15BrN4O2/c1-15-12(20)5-6-18(8-19)13-10-4-3-9(14)7-11(10)17(2)16-13/h3-4,7-8H,5-6H2,1-2H3,(H,15,20). The lowest BCUT2D eigenvalue weighted by molar-refractivity contribution is -0.120. The first-order chi connectivity index (χ1) is 9.56. The van der Waals surface area contributed by atoms with Crippen LogP contribution in [0.1, 0.15) is 6.42 Å². The van der Waals surface area contributed by atoms with Crippen molar-refractivity contribution in [3.8, 4) is 0 Å². The van der Waals surface area contributed by atoms with Gasteiger partial charge in [0.2, 0.25) is 12.3 Å². The summed E-state index contributed by atoms with van der Waals surface area (Å²) in [4.78, 5) is 24.0. The Labute approximate surface area is 124 Å². The quantitative estimate of drug-likeness (QED) is 0.838. The maximum absolute atomic E-state index is 11.3. The van der Waals surface area contributed by atoms with Crippen LogP contribution in [0.2, 0.25) is 0 Å². The number of fused-ring (bicyclic) bond motifs is 1. The van der Waals surface area contributed by atoms with Crippen LogP contribution in [0.3, 0.4) is 0 Å². The van der Waals surface area contributed by atoms with E-state index < -0.39 is 0 Å². The number of carbonyl (C=O) groups is 2. The first-order valence-electron chi connectivity index (χ1n) is 6.11. The second-order valence-corrected chi connectivity index (χ2v) is 5.25. The van der Waals surface area contributed by atoms with Gasteiger partial charge in [-0.15, -0.1) is 0 Å². The number of carbonyl (C=O) groups excluding carboxylic acids is 2. The average Bonchev–Trinajstić information content (AvgIpc) is 2.76. The fourth-order valence-electron chi connectivity index (χ4n) is 1.98. The Kier molecular flexibility index (Phi) is 4.39. The number of nitrogens with zero attached hydrogens (tertiary/aromatic N) is 3.